The lowest BCUT2D eigenvalue weighted by Gasteiger charge is -2.40. The number of aromatic amines is 1. The molecule has 1 aliphatic rings. The Bertz CT molecular complexity index is 920. The zero-order chi connectivity index (χ0) is 20.5. The Morgan fingerprint density at radius 3 is 2.68 bits per heavy atom. The van der Waals surface area contributed by atoms with Crippen LogP contribution >= 0.6 is 0 Å². The molecule has 2 aromatic rings. The second-order valence-corrected chi connectivity index (χ2v) is 8.35. The molecule has 0 aliphatic carbocycles. The number of rotatable bonds is 6. The number of benzene rings is 1. The summed E-state index contributed by atoms with van der Waals surface area (Å²) in [5, 5.41) is 32.2. The number of aliphatic hydroxyl groups is 1. The number of hydrogen-bond acceptors (Lipinski definition) is 4. The zero-order valence-electron chi connectivity index (χ0n) is 17.2. The molecule has 2 atom stereocenters. The molecule has 28 heavy (non-hydrogen) atoms. The van der Waals surface area contributed by atoms with Crippen molar-refractivity contribution in [2.45, 2.75) is 71.5 Å². The van der Waals surface area contributed by atoms with Gasteiger partial charge in [-0.15, -0.1) is 0 Å². The summed E-state index contributed by atoms with van der Waals surface area (Å²) in [6, 6.07) is 1.51. The topological polar surface area (TPSA) is 85.7 Å². The third kappa shape index (κ3) is 4.04. The van der Waals surface area contributed by atoms with Gasteiger partial charge in [0.15, 0.2) is 5.88 Å². The number of fused-ring (bicyclic) bond motifs is 3. The molecular formula is C23H31NO4. The Morgan fingerprint density at radius 2 is 1.96 bits per heavy atom. The number of phenols is 1. The van der Waals surface area contributed by atoms with Gasteiger partial charge in [0.2, 0.25) is 0 Å². The van der Waals surface area contributed by atoms with Crippen LogP contribution in [-0.4, -0.2) is 32.0 Å². The summed E-state index contributed by atoms with van der Waals surface area (Å²) in [4.78, 5) is 2.77. The van der Waals surface area contributed by atoms with E-state index in [1.54, 1.807) is 6.20 Å². The predicted molar refractivity (Wildman–Crippen MR) is 112 cm³/mol. The van der Waals surface area contributed by atoms with Crippen LogP contribution in [-0.2, 0) is 6.42 Å². The molecule has 2 unspecified atom stereocenters. The molecule has 2 heterocycles. The minimum absolute atomic E-state index is 0.000510. The zero-order valence-corrected chi connectivity index (χ0v) is 17.2. The summed E-state index contributed by atoms with van der Waals surface area (Å²) in [7, 11) is 0. The van der Waals surface area contributed by atoms with Gasteiger partial charge in [-0.2, -0.15) is 0 Å². The minimum Gasteiger partial charge on any atom is -0.508 e. The van der Waals surface area contributed by atoms with E-state index in [1.165, 1.54) is 17.2 Å². The first kappa shape index (κ1) is 20.3. The van der Waals surface area contributed by atoms with E-state index in [2.05, 4.69) is 37.9 Å². The lowest BCUT2D eigenvalue weighted by molar-refractivity contribution is -0.0581. The number of allylic oxidation sites excluding steroid dienone is 4. The van der Waals surface area contributed by atoms with Crippen LogP contribution in [0.1, 0.15) is 58.9 Å². The van der Waals surface area contributed by atoms with Crippen molar-refractivity contribution in [2.24, 2.45) is 0 Å². The number of phenolic OH excluding ortho intramolecular Hbond substituents is 1. The van der Waals surface area contributed by atoms with Gasteiger partial charge in [0.25, 0.3) is 0 Å². The molecule has 5 nitrogen and oxygen atoms in total. The predicted octanol–water partition coefficient (Wildman–Crippen LogP) is 5.11. The molecule has 5 heteroatoms. The van der Waals surface area contributed by atoms with Gasteiger partial charge in [0.05, 0.1) is 11.5 Å². The molecule has 0 amide bonds. The summed E-state index contributed by atoms with van der Waals surface area (Å²) in [6.07, 6.45) is 9.30. The highest BCUT2D eigenvalue weighted by atomic mass is 16.5. The molecule has 4 N–H and O–H groups in total. The van der Waals surface area contributed by atoms with E-state index in [0.717, 1.165) is 24.6 Å². The maximum absolute atomic E-state index is 10.7. The molecule has 0 radical (unpaired) electrons. The fraction of sp³-hybridized carbons (Fsp3) is 0.478. The average molecular weight is 386 g/mol. The molecule has 0 saturated carbocycles. The molecule has 0 bridgehead atoms. The van der Waals surface area contributed by atoms with Crippen LogP contribution < -0.4 is 4.74 Å². The smallest absolute Gasteiger partial charge is 0.196 e. The van der Waals surface area contributed by atoms with Gasteiger partial charge in [-0.05, 0) is 59.4 Å². The fourth-order valence-corrected chi connectivity index (χ4v) is 3.80. The van der Waals surface area contributed by atoms with Crippen molar-refractivity contribution < 1.29 is 20.1 Å². The van der Waals surface area contributed by atoms with Crippen LogP contribution in [0.25, 0.3) is 10.8 Å². The number of aromatic hydroxyl groups is 2. The third-order valence-electron chi connectivity index (χ3n) is 5.67. The van der Waals surface area contributed by atoms with E-state index in [9.17, 15) is 15.3 Å². The van der Waals surface area contributed by atoms with Crippen LogP contribution in [0.3, 0.4) is 0 Å². The first-order valence-electron chi connectivity index (χ1n) is 9.92. The van der Waals surface area contributed by atoms with Crippen LogP contribution in [0.4, 0.5) is 0 Å². The maximum atomic E-state index is 10.7. The van der Waals surface area contributed by atoms with Gasteiger partial charge in [-0.1, -0.05) is 23.3 Å². The molecule has 1 aromatic heterocycles. The van der Waals surface area contributed by atoms with Crippen molar-refractivity contribution in [2.75, 3.05) is 0 Å². The van der Waals surface area contributed by atoms with Crippen molar-refractivity contribution in [3.05, 3.63) is 41.1 Å². The summed E-state index contributed by atoms with van der Waals surface area (Å²) >= 11 is 0. The summed E-state index contributed by atoms with van der Waals surface area (Å²) < 4.78 is 6.25. The Morgan fingerprint density at radius 1 is 1.21 bits per heavy atom. The lowest BCUT2D eigenvalue weighted by atomic mass is 9.84. The summed E-state index contributed by atoms with van der Waals surface area (Å²) in [5.41, 5.74) is 2.51. The van der Waals surface area contributed by atoms with E-state index in [-0.39, 0.29) is 11.6 Å². The normalized spacial score (nSPS) is 22.0. The summed E-state index contributed by atoms with van der Waals surface area (Å²) in [5.74, 6) is 0.580. The van der Waals surface area contributed by atoms with E-state index in [0.29, 0.717) is 29.5 Å². The molecule has 0 saturated heterocycles. The highest BCUT2D eigenvalue weighted by Gasteiger charge is 2.41. The Balaban J connectivity index is 1.76. The number of ether oxygens (including phenoxy) is 1. The van der Waals surface area contributed by atoms with E-state index in [4.69, 9.17) is 4.74 Å². The highest BCUT2D eigenvalue weighted by molar-refractivity contribution is 5.95. The largest absolute Gasteiger partial charge is 0.508 e. The quantitative estimate of drug-likeness (QED) is 0.521. The molecule has 0 fully saturated rings. The Labute approximate surface area is 166 Å². The first-order chi connectivity index (χ1) is 13.2. The lowest BCUT2D eigenvalue weighted by Crippen LogP contribution is -2.48. The van der Waals surface area contributed by atoms with E-state index < -0.39 is 11.7 Å². The molecule has 152 valence electrons. The van der Waals surface area contributed by atoms with Crippen LogP contribution in [0.2, 0.25) is 0 Å². The van der Waals surface area contributed by atoms with Gasteiger partial charge >= 0.3 is 0 Å². The Kier molecular flexibility index (Phi) is 5.75. The summed E-state index contributed by atoms with van der Waals surface area (Å²) in [6.45, 7) is 8.27. The van der Waals surface area contributed by atoms with Gasteiger partial charge in [0.1, 0.15) is 17.1 Å². The second kappa shape index (κ2) is 7.92. The fourth-order valence-electron chi connectivity index (χ4n) is 3.80. The third-order valence-corrected chi connectivity index (χ3v) is 5.67. The van der Waals surface area contributed by atoms with Crippen molar-refractivity contribution >= 4 is 10.8 Å². The molecule has 0 spiro atoms. The maximum Gasteiger partial charge on any atom is 0.196 e. The van der Waals surface area contributed by atoms with Crippen LogP contribution in [0.15, 0.2) is 35.6 Å². The first-order valence-corrected chi connectivity index (χ1v) is 9.92. The number of hydrogen-bond donors (Lipinski definition) is 4. The Hall–Kier alpha value is -2.40. The standard InChI is InChI=1S/C23H31NO4/c1-14(2)7-5-8-15(3)9-6-10-23(4)20(26)12-17-19(25)11-16-18(21(17)28-23)13-24-22(16)27/h7,9,11,13,20,24-27H,5-6,8,10,12H2,1-4H3. The molecule has 1 aliphatic heterocycles. The van der Waals surface area contributed by atoms with Crippen molar-refractivity contribution in [3.8, 4) is 17.4 Å². The van der Waals surface area contributed by atoms with Crippen LogP contribution in [0, 0.1) is 0 Å². The number of aliphatic hydroxyl groups excluding tert-OH is 1. The van der Waals surface area contributed by atoms with Gasteiger partial charge in [0, 0.05) is 23.6 Å². The van der Waals surface area contributed by atoms with Gasteiger partial charge in [-0.3, -0.25) is 0 Å². The number of aromatic nitrogens is 1. The number of H-pyrrole nitrogens is 1. The average Bonchev–Trinajstić information content (AvgIpc) is 2.97. The molecule has 1 aromatic carbocycles. The van der Waals surface area contributed by atoms with Crippen LogP contribution in [0.5, 0.6) is 17.4 Å². The van der Waals surface area contributed by atoms with Crippen molar-refractivity contribution in [3.63, 3.8) is 0 Å². The second-order valence-electron chi connectivity index (χ2n) is 8.35. The number of nitrogens with one attached hydrogen (secondary N) is 1. The SMILES string of the molecule is CC(C)=CCCC(C)=CCCC1(C)Oc2c(c(O)cc3c(O)[nH]cc23)CC1O. The highest BCUT2D eigenvalue weighted by Crippen LogP contribution is 2.46. The minimum atomic E-state index is -0.753. The van der Waals surface area contributed by atoms with Gasteiger partial charge < -0.3 is 25.0 Å². The monoisotopic (exact) mass is 385 g/mol. The molecule has 3 rings (SSSR count). The van der Waals surface area contributed by atoms with E-state index in [1.807, 2.05) is 6.92 Å². The molecular weight excluding hydrogens is 354 g/mol. The van der Waals surface area contributed by atoms with E-state index >= 15 is 0 Å². The van der Waals surface area contributed by atoms with Crippen molar-refractivity contribution in [1.29, 1.82) is 0 Å². The van der Waals surface area contributed by atoms with Gasteiger partial charge in [-0.25, -0.2) is 0 Å². The van der Waals surface area contributed by atoms with Crippen molar-refractivity contribution in [1.82, 2.24) is 4.98 Å².